The topological polar surface area (TPSA) is 12.0 Å². The second kappa shape index (κ2) is 5.43. The van der Waals surface area contributed by atoms with E-state index in [1.807, 2.05) is 0 Å². The highest BCUT2D eigenvalue weighted by molar-refractivity contribution is 5.18. The van der Waals surface area contributed by atoms with Crippen LogP contribution in [0.2, 0.25) is 0 Å². The Morgan fingerprint density at radius 1 is 0.857 bits per heavy atom. The summed E-state index contributed by atoms with van der Waals surface area (Å²) < 4.78 is 0. The fourth-order valence-electron chi connectivity index (χ4n) is 6.13. The Morgan fingerprint density at radius 2 is 1.43 bits per heavy atom. The summed E-state index contributed by atoms with van der Waals surface area (Å²) in [5.74, 6) is 5.15. The molecule has 5 rings (SSSR count). The van der Waals surface area contributed by atoms with E-state index in [0.717, 1.165) is 29.6 Å². The van der Waals surface area contributed by atoms with Crippen LogP contribution >= 0.6 is 0 Å². The van der Waals surface area contributed by atoms with Gasteiger partial charge in [0.25, 0.3) is 0 Å². The van der Waals surface area contributed by atoms with Crippen molar-refractivity contribution >= 4 is 0 Å². The third-order valence-corrected chi connectivity index (χ3v) is 6.69. The van der Waals surface area contributed by atoms with Gasteiger partial charge in [0.2, 0.25) is 0 Å². The molecule has 4 fully saturated rings. The van der Waals surface area contributed by atoms with Gasteiger partial charge in [-0.25, -0.2) is 0 Å². The van der Waals surface area contributed by atoms with E-state index in [0.29, 0.717) is 12.1 Å². The van der Waals surface area contributed by atoms with E-state index in [1.54, 1.807) is 6.42 Å². The van der Waals surface area contributed by atoms with Crippen molar-refractivity contribution in [2.75, 3.05) is 0 Å². The molecule has 1 N–H and O–H groups in total. The van der Waals surface area contributed by atoms with Crippen LogP contribution < -0.4 is 5.32 Å². The molecule has 0 amide bonds. The highest BCUT2D eigenvalue weighted by Gasteiger charge is 2.49. The van der Waals surface area contributed by atoms with Crippen molar-refractivity contribution in [2.45, 2.75) is 58.0 Å². The van der Waals surface area contributed by atoms with Gasteiger partial charge in [-0.1, -0.05) is 30.3 Å². The smallest absolute Gasteiger partial charge is 0.0294 e. The molecule has 0 radical (unpaired) electrons. The number of nitrogens with one attached hydrogen (secondary N) is 1. The SMILES string of the molecule is C[C@H](N[C@H](C)c1ccccc1)C1C2CC3CC(C2)CC1C3. The lowest BCUT2D eigenvalue weighted by atomic mass is 9.50. The quantitative estimate of drug-likeness (QED) is 0.837. The van der Waals surface area contributed by atoms with Gasteiger partial charge < -0.3 is 5.32 Å². The first-order chi connectivity index (χ1) is 10.2. The van der Waals surface area contributed by atoms with E-state index in [4.69, 9.17) is 0 Å². The first-order valence-corrected chi connectivity index (χ1v) is 9.01. The zero-order valence-corrected chi connectivity index (χ0v) is 13.5. The molecular formula is C20H29N. The minimum absolute atomic E-state index is 0.471. The second-order valence-corrected chi connectivity index (χ2v) is 8.10. The van der Waals surface area contributed by atoms with Crippen LogP contribution in [0.15, 0.2) is 30.3 Å². The molecule has 0 unspecified atom stereocenters. The molecular weight excluding hydrogens is 254 g/mol. The molecule has 1 aromatic carbocycles. The summed E-state index contributed by atoms with van der Waals surface area (Å²) in [6, 6.07) is 12.1. The van der Waals surface area contributed by atoms with Gasteiger partial charge in [-0.05, 0) is 81.1 Å². The van der Waals surface area contributed by atoms with Crippen molar-refractivity contribution in [2.24, 2.45) is 29.6 Å². The summed E-state index contributed by atoms with van der Waals surface area (Å²) in [7, 11) is 0. The third kappa shape index (κ3) is 2.54. The first kappa shape index (κ1) is 13.8. The van der Waals surface area contributed by atoms with E-state index in [2.05, 4.69) is 49.5 Å². The Balaban J connectivity index is 1.44. The zero-order chi connectivity index (χ0) is 14.4. The van der Waals surface area contributed by atoms with Gasteiger partial charge in [0.05, 0.1) is 0 Å². The monoisotopic (exact) mass is 283 g/mol. The van der Waals surface area contributed by atoms with Gasteiger partial charge in [-0.3, -0.25) is 0 Å². The van der Waals surface area contributed by atoms with Crippen LogP contribution in [0.3, 0.4) is 0 Å². The van der Waals surface area contributed by atoms with Crippen LogP contribution in [0.1, 0.15) is 57.6 Å². The van der Waals surface area contributed by atoms with Crippen molar-refractivity contribution in [1.29, 1.82) is 0 Å². The lowest BCUT2D eigenvalue weighted by Crippen LogP contribution is -2.52. The molecule has 4 aliphatic carbocycles. The summed E-state index contributed by atoms with van der Waals surface area (Å²) in [5, 5.41) is 3.92. The highest BCUT2D eigenvalue weighted by atomic mass is 15.0. The van der Waals surface area contributed by atoms with Crippen molar-refractivity contribution in [3.8, 4) is 0 Å². The van der Waals surface area contributed by atoms with Crippen LogP contribution in [0.25, 0.3) is 0 Å². The normalized spacial score (nSPS) is 40.2. The van der Waals surface area contributed by atoms with E-state index < -0.39 is 0 Å². The zero-order valence-electron chi connectivity index (χ0n) is 13.5. The van der Waals surface area contributed by atoms with Crippen molar-refractivity contribution < 1.29 is 0 Å². The fraction of sp³-hybridized carbons (Fsp3) is 0.700. The standard InChI is InChI=1S/C20H29N/c1-13(17-6-4-3-5-7-17)21-14(2)20-18-9-15-8-16(11-18)12-19(20)10-15/h3-7,13-16,18-21H,8-12H2,1-2H3/t13-,14+,15?,16?,18?,19?,20?/m1/s1. The fourth-order valence-corrected chi connectivity index (χ4v) is 6.13. The summed E-state index contributed by atoms with van der Waals surface area (Å²) >= 11 is 0. The second-order valence-electron chi connectivity index (χ2n) is 8.10. The van der Waals surface area contributed by atoms with Gasteiger partial charge in [0.15, 0.2) is 0 Å². The number of hydrogen-bond donors (Lipinski definition) is 1. The average molecular weight is 283 g/mol. The lowest BCUT2D eigenvalue weighted by molar-refractivity contribution is -0.0504. The van der Waals surface area contributed by atoms with Crippen LogP contribution in [-0.4, -0.2) is 6.04 Å². The Hall–Kier alpha value is -0.820. The molecule has 1 aromatic rings. The third-order valence-electron chi connectivity index (χ3n) is 6.69. The van der Waals surface area contributed by atoms with Gasteiger partial charge in [0, 0.05) is 12.1 Å². The highest BCUT2D eigenvalue weighted by Crippen LogP contribution is 2.57. The molecule has 114 valence electrons. The maximum Gasteiger partial charge on any atom is 0.0294 e. The van der Waals surface area contributed by atoms with Crippen LogP contribution in [-0.2, 0) is 0 Å². The van der Waals surface area contributed by atoms with Crippen LogP contribution in [0.4, 0.5) is 0 Å². The summed E-state index contributed by atoms with van der Waals surface area (Å²) in [4.78, 5) is 0. The minimum Gasteiger partial charge on any atom is -0.307 e. The summed E-state index contributed by atoms with van der Waals surface area (Å²) in [6.45, 7) is 4.77. The average Bonchev–Trinajstić information content (AvgIpc) is 2.47. The molecule has 21 heavy (non-hydrogen) atoms. The van der Waals surface area contributed by atoms with E-state index >= 15 is 0 Å². The van der Waals surface area contributed by atoms with E-state index in [1.165, 1.54) is 31.2 Å². The maximum absolute atomic E-state index is 3.92. The Morgan fingerprint density at radius 3 is 2.00 bits per heavy atom. The predicted molar refractivity (Wildman–Crippen MR) is 88.0 cm³/mol. The van der Waals surface area contributed by atoms with Crippen molar-refractivity contribution in [1.82, 2.24) is 5.32 Å². The molecule has 0 aliphatic heterocycles. The number of hydrogen-bond acceptors (Lipinski definition) is 1. The largest absolute Gasteiger partial charge is 0.307 e. The maximum atomic E-state index is 3.92. The van der Waals surface area contributed by atoms with E-state index in [-0.39, 0.29) is 0 Å². The molecule has 4 bridgehead atoms. The molecule has 0 heterocycles. The molecule has 0 aromatic heterocycles. The number of benzene rings is 1. The van der Waals surface area contributed by atoms with Gasteiger partial charge >= 0.3 is 0 Å². The summed E-state index contributed by atoms with van der Waals surface area (Å²) in [5.41, 5.74) is 1.42. The lowest BCUT2D eigenvalue weighted by Gasteiger charge is -2.56. The van der Waals surface area contributed by atoms with Crippen LogP contribution in [0.5, 0.6) is 0 Å². The minimum atomic E-state index is 0.471. The van der Waals surface area contributed by atoms with Gasteiger partial charge in [0.1, 0.15) is 0 Å². The van der Waals surface area contributed by atoms with Crippen LogP contribution in [0, 0.1) is 29.6 Å². The Kier molecular flexibility index (Phi) is 3.57. The predicted octanol–water partition coefficient (Wildman–Crippen LogP) is 4.80. The Labute approximate surface area is 129 Å². The Bertz CT molecular complexity index is 452. The molecule has 1 nitrogen and oxygen atoms in total. The van der Waals surface area contributed by atoms with Crippen molar-refractivity contribution in [3.05, 3.63) is 35.9 Å². The molecule has 1 heteroatoms. The van der Waals surface area contributed by atoms with Crippen molar-refractivity contribution in [3.63, 3.8) is 0 Å². The molecule has 4 saturated carbocycles. The van der Waals surface area contributed by atoms with Gasteiger partial charge in [-0.15, -0.1) is 0 Å². The summed E-state index contributed by atoms with van der Waals surface area (Å²) in [6.07, 6.45) is 7.68. The molecule has 0 saturated heterocycles. The number of rotatable bonds is 4. The first-order valence-electron chi connectivity index (χ1n) is 9.01. The molecule has 0 spiro atoms. The van der Waals surface area contributed by atoms with E-state index in [9.17, 15) is 0 Å². The van der Waals surface area contributed by atoms with Gasteiger partial charge in [-0.2, -0.15) is 0 Å². The molecule has 4 aliphatic rings. The molecule has 2 atom stereocenters.